The fraction of sp³-hybridized carbons (Fsp3) is 0.857. The van der Waals surface area contributed by atoms with Crippen molar-refractivity contribution in [2.45, 2.75) is 59.0 Å². The Morgan fingerprint density at radius 3 is 2.56 bits per heavy atom. The summed E-state index contributed by atoms with van der Waals surface area (Å²) in [5.74, 6) is 0.666. The van der Waals surface area contributed by atoms with Gasteiger partial charge in [0.25, 0.3) is 0 Å². The molecule has 0 bridgehead atoms. The van der Waals surface area contributed by atoms with Crippen LogP contribution in [0, 0.1) is 5.92 Å². The number of hydrogen-bond acceptors (Lipinski definition) is 3. The highest BCUT2D eigenvalue weighted by Gasteiger charge is 2.27. The van der Waals surface area contributed by atoms with Crippen molar-refractivity contribution in [1.29, 1.82) is 0 Å². The third-order valence-corrected chi connectivity index (χ3v) is 3.08. The van der Waals surface area contributed by atoms with E-state index in [2.05, 4.69) is 0 Å². The van der Waals surface area contributed by atoms with E-state index in [9.17, 15) is 9.59 Å². The number of amides is 1. The van der Waals surface area contributed by atoms with Crippen molar-refractivity contribution in [1.82, 2.24) is 4.90 Å². The molecule has 1 fully saturated rings. The minimum atomic E-state index is -0.441. The molecule has 0 radical (unpaired) electrons. The molecule has 0 aliphatic carbocycles. The van der Waals surface area contributed by atoms with Crippen molar-refractivity contribution in [3.05, 3.63) is 0 Å². The molecule has 0 N–H and O–H groups in total. The van der Waals surface area contributed by atoms with Gasteiger partial charge in [-0.2, -0.15) is 0 Å². The summed E-state index contributed by atoms with van der Waals surface area (Å²) in [5.41, 5.74) is -0.441. The molecule has 1 rings (SSSR count). The molecule has 1 aliphatic heterocycles. The van der Waals surface area contributed by atoms with E-state index >= 15 is 0 Å². The molecule has 0 aromatic rings. The Kier molecular flexibility index (Phi) is 5.17. The minimum absolute atomic E-state index is 0.226. The minimum Gasteiger partial charge on any atom is -0.444 e. The molecule has 1 atom stereocenters. The van der Waals surface area contributed by atoms with Crippen LogP contribution in [-0.4, -0.2) is 35.5 Å². The standard InChI is InChI=1S/C14H25NO3/c1-11(16)7-8-12-6-5-9-15(10-12)13(17)18-14(2,3)4/h12H,5-10H2,1-4H3. The van der Waals surface area contributed by atoms with E-state index in [-0.39, 0.29) is 11.9 Å². The average molecular weight is 255 g/mol. The fourth-order valence-corrected chi connectivity index (χ4v) is 2.20. The molecular weight excluding hydrogens is 230 g/mol. The molecule has 1 saturated heterocycles. The zero-order chi connectivity index (χ0) is 13.8. The maximum atomic E-state index is 11.9. The van der Waals surface area contributed by atoms with Crippen LogP contribution >= 0.6 is 0 Å². The van der Waals surface area contributed by atoms with Gasteiger partial charge in [0, 0.05) is 19.5 Å². The molecule has 4 nitrogen and oxygen atoms in total. The zero-order valence-corrected chi connectivity index (χ0v) is 12.0. The van der Waals surface area contributed by atoms with Crippen molar-refractivity contribution in [2.24, 2.45) is 5.92 Å². The molecule has 0 saturated carbocycles. The van der Waals surface area contributed by atoms with Crippen LogP contribution in [0.15, 0.2) is 0 Å². The molecule has 1 aliphatic rings. The highest BCUT2D eigenvalue weighted by molar-refractivity contribution is 5.75. The number of ketones is 1. The number of likely N-dealkylation sites (tertiary alicyclic amines) is 1. The molecular formula is C14H25NO3. The Morgan fingerprint density at radius 1 is 1.33 bits per heavy atom. The molecule has 0 aromatic heterocycles. The Bertz CT molecular complexity index is 307. The Labute approximate surface area is 110 Å². The van der Waals surface area contributed by atoms with Crippen molar-refractivity contribution < 1.29 is 14.3 Å². The first kappa shape index (κ1) is 15.0. The molecule has 104 valence electrons. The summed E-state index contributed by atoms with van der Waals surface area (Å²) >= 11 is 0. The van der Waals surface area contributed by atoms with Crippen LogP contribution in [-0.2, 0) is 9.53 Å². The number of Topliss-reactive ketones (excluding diaryl/α,β-unsaturated/α-hetero) is 1. The van der Waals surface area contributed by atoms with Gasteiger partial charge >= 0.3 is 6.09 Å². The number of hydrogen-bond donors (Lipinski definition) is 0. The smallest absolute Gasteiger partial charge is 0.410 e. The van der Waals surface area contributed by atoms with Gasteiger partial charge in [0.05, 0.1) is 0 Å². The summed E-state index contributed by atoms with van der Waals surface area (Å²) in [6.45, 7) is 8.74. The Hall–Kier alpha value is -1.06. The summed E-state index contributed by atoms with van der Waals surface area (Å²) in [6, 6.07) is 0. The van der Waals surface area contributed by atoms with Gasteiger partial charge in [0.2, 0.25) is 0 Å². The lowest BCUT2D eigenvalue weighted by atomic mass is 9.93. The lowest BCUT2D eigenvalue weighted by Crippen LogP contribution is -2.42. The number of ether oxygens (including phenoxy) is 1. The predicted molar refractivity (Wildman–Crippen MR) is 70.4 cm³/mol. The SMILES string of the molecule is CC(=O)CCC1CCCN(C(=O)OC(C)(C)C)C1. The van der Waals surface area contributed by atoms with Gasteiger partial charge in [0.15, 0.2) is 0 Å². The summed E-state index contributed by atoms with van der Waals surface area (Å²) in [4.78, 5) is 24.7. The Morgan fingerprint density at radius 2 is 2.00 bits per heavy atom. The average Bonchev–Trinajstić information content (AvgIpc) is 2.24. The normalized spacial score (nSPS) is 20.7. The molecule has 1 amide bonds. The molecule has 18 heavy (non-hydrogen) atoms. The van der Waals surface area contributed by atoms with Crippen LogP contribution in [0.3, 0.4) is 0 Å². The number of rotatable bonds is 3. The lowest BCUT2D eigenvalue weighted by molar-refractivity contribution is -0.117. The van der Waals surface area contributed by atoms with Crippen molar-refractivity contribution in [2.75, 3.05) is 13.1 Å². The first-order chi connectivity index (χ1) is 8.28. The molecule has 1 heterocycles. The van der Waals surface area contributed by atoms with Crippen LogP contribution in [0.5, 0.6) is 0 Å². The summed E-state index contributed by atoms with van der Waals surface area (Å²) in [5, 5.41) is 0. The van der Waals surface area contributed by atoms with E-state index in [1.54, 1.807) is 11.8 Å². The third-order valence-electron chi connectivity index (χ3n) is 3.08. The maximum absolute atomic E-state index is 11.9. The van der Waals surface area contributed by atoms with Crippen LogP contribution in [0.2, 0.25) is 0 Å². The second-order valence-electron chi connectivity index (χ2n) is 6.18. The van der Waals surface area contributed by atoms with Crippen molar-refractivity contribution in [3.63, 3.8) is 0 Å². The number of carbonyl (C=O) groups excluding carboxylic acids is 2. The predicted octanol–water partition coefficient (Wildman–Crippen LogP) is 3.00. The third kappa shape index (κ3) is 5.52. The largest absolute Gasteiger partial charge is 0.444 e. The van der Waals surface area contributed by atoms with E-state index in [4.69, 9.17) is 4.74 Å². The Balaban J connectivity index is 2.43. The van der Waals surface area contributed by atoms with Crippen LogP contribution < -0.4 is 0 Å². The monoisotopic (exact) mass is 255 g/mol. The van der Waals surface area contributed by atoms with Crippen LogP contribution in [0.25, 0.3) is 0 Å². The summed E-state index contributed by atoms with van der Waals surface area (Å²) in [6.07, 6.45) is 3.38. The molecule has 4 heteroatoms. The number of piperidine rings is 1. The number of nitrogens with zero attached hydrogens (tertiary/aromatic N) is 1. The quantitative estimate of drug-likeness (QED) is 0.778. The van der Waals surface area contributed by atoms with Crippen molar-refractivity contribution >= 4 is 11.9 Å². The molecule has 0 aromatic carbocycles. The van der Waals surface area contributed by atoms with Crippen molar-refractivity contribution in [3.8, 4) is 0 Å². The highest BCUT2D eigenvalue weighted by atomic mass is 16.6. The van der Waals surface area contributed by atoms with E-state index in [1.165, 1.54) is 0 Å². The van der Waals surface area contributed by atoms with Gasteiger partial charge in [-0.25, -0.2) is 4.79 Å². The topological polar surface area (TPSA) is 46.6 Å². The highest BCUT2D eigenvalue weighted by Crippen LogP contribution is 2.22. The lowest BCUT2D eigenvalue weighted by Gasteiger charge is -2.34. The van der Waals surface area contributed by atoms with Gasteiger partial charge in [-0.1, -0.05) is 0 Å². The van der Waals surface area contributed by atoms with Gasteiger partial charge in [0.1, 0.15) is 11.4 Å². The van der Waals surface area contributed by atoms with Gasteiger partial charge in [-0.05, 0) is 52.9 Å². The van der Waals surface area contributed by atoms with Gasteiger partial charge in [-0.15, -0.1) is 0 Å². The first-order valence-electron chi connectivity index (χ1n) is 6.75. The van der Waals surface area contributed by atoms with E-state index in [0.717, 1.165) is 32.4 Å². The second kappa shape index (κ2) is 6.21. The van der Waals surface area contributed by atoms with E-state index in [0.29, 0.717) is 12.3 Å². The molecule has 0 spiro atoms. The number of carbonyl (C=O) groups is 2. The zero-order valence-electron chi connectivity index (χ0n) is 12.0. The van der Waals surface area contributed by atoms with E-state index in [1.807, 2.05) is 20.8 Å². The van der Waals surface area contributed by atoms with Crippen LogP contribution in [0.4, 0.5) is 4.79 Å². The molecule has 1 unspecified atom stereocenters. The fourth-order valence-electron chi connectivity index (χ4n) is 2.20. The first-order valence-corrected chi connectivity index (χ1v) is 6.75. The van der Waals surface area contributed by atoms with Gasteiger partial charge < -0.3 is 14.4 Å². The summed E-state index contributed by atoms with van der Waals surface area (Å²) < 4.78 is 5.37. The van der Waals surface area contributed by atoms with E-state index < -0.39 is 5.60 Å². The summed E-state index contributed by atoms with van der Waals surface area (Å²) in [7, 11) is 0. The maximum Gasteiger partial charge on any atom is 0.410 e. The second-order valence-corrected chi connectivity index (χ2v) is 6.18. The van der Waals surface area contributed by atoms with Crippen LogP contribution in [0.1, 0.15) is 53.4 Å². The van der Waals surface area contributed by atoms with Gasteiger partial charge in [-0.3, -0.25) is 0 Å².